The number of aryl methyl sites for hydroxylation is 1. The van der Waals surface area contributed by atoms with Gasteiger partial charge in [-0.3, -0.25) is 0 Å². The van der Waals surface area contributed by atoms with Gasteiger partial charge in [-0.15, -0.1) is 0 Å². The van der Waals surface area contributed by atoms with Gasteiger partial charge in [0, 0.05) is 19.3 Å². The maximum absolute atomic E-state index is 13.1. The molecule has 0 amide bonds. The van der Waals surface area contributed by atoms with Crippen LogP contribution in [0.1, 0.15) is 37.8 Å². The van der Waals surface area contributed by atoms with Crippen LogP contribution in [0.4, 0.5) is 4.39 Å². The van der Waals surface area contributed by atoms with Gasteiger partial charge in [0.25, 0.3) is 0 Å². The summed E-state index contributed by atoms with van der Waals surface area (Å²) < 4.78 is 18.5. The summed E-state index contributed by atoms with van der Waals surface area (Å²) in [6.45, 7) is 8.69. The summed E-state index contributed by atoms with van der Waals surface area (Å²) in [5.41, 5.74) is 2.24. The number of rotatable bonds is 9. The van der Waals surface area contributed by atoms with E-state index in [9.17, 15) is 4.39 Å². The molecule has 0 radical (unpaired) electrons. The molecule has 1 atom stereocenters. The van der Waals surface area contributed by atoms with Crippen LogP contribution >= 0.6 is 0 Å². The smallest absolute Gasteiger partial charge is 0.123 e. The summed E-state index contributed by atoms with van der Waals surface area (Å²) in [4.78, 5) is 0. The van der Waals surface area contributed by atoms with Crippen LogP contribution in [-0.2, 0) is 11.2 Å². The minimum absolute atomic E-state index is 0.159. The maximum Gasteiger partial charge on any atom is 0.123 e. The maximum atomic E-state index is 13.1. The number of nitrogens with one attached hydrogen (secondary N) is 1. The van der Waals surface area contributed by atoms with E-state index in [-0.39, 0.29) is 5.82 Å². The first kappa shape index (κ1) is 16.1. The molecule has 0 spiro atoms. The fourth-order valence-corrected chi connectivity index (χ4v) is 2.15. The number of halogens is 1. The molecule has 3 heteroatoms. The summed E-state index contributed by atoms with van der Waals surface area (Å²) in [6, 6.07) is 5.44. The lowest BCUT2D eigenvalue weighted by molar-refractivity contribution is 0.136. The van der Waals surface area contributed by atoms with Gasteiger partial charge in [0.05, 0.1) is 0 Å². The highest BCUT2D eigenvalue weighted by atomic mass is 19.1. The highest BCUT2D eigenvalue weighted by Gasteiger charge is 2.10. The van der Waals surface area contributed by atoms with Gasteiger partial charge >= 0.3 is 0 Å². The Morgan fingerprint density at radius 1 is 1.32 bits per heavy atom. The Morgan fingerprint density at radius 2 is 2.11 bits per heavy atom. The van der Waals surface area contributed by atoms with E-state index >= 15 is 0 Å². The van der Waals surface area contributed by atoms with Gasteiger partial charge in [0.2, 0.25) is 0 Å². The summed E-state index contributed by atoms with van der Waals surface area (Å²) in [6.07, 6.45) is 3.04. The van der Waals surface area contributed by atoms with Crippen LogP contribution in [0.3, 0.4) is 0 Å². The van der Waals surface area contributed by atoms with E-state index in [1.54, 1.807) is 12.1 Å². The van der Waals surface area contributed by atoms with Gasteiger partial charge in [-0.2, -0.15) is 0 Å². The van der Waals surface area contributed by atoms with Crippen molar-refractivity contribution in [2.75, 3.05) is 19.8 Å². The molecular formula is C16H26FNO. The first-order valence-electron chi connectivity index (χ1n) is 7.23. The van der Waals surface area contributed by atoms with Crippen LogP contribution in [0.25, 0.3) is 0 Å². The molecule has 0 aromatic heterocycles. The summed E-state index contributed by atoms with van der Waals surface area (Å²) in [7, 11) is 0. The fraction of sp³-hybridized carbons (Fsp3) is 0.625. The van der Waals surface area contributed by atoms with Crippen molar-refractivity contribution >= 4 is 0 Å². The largest absolute Gasteiger partial charge is 0.382 e. The number of hydrogen-bond acceptors (Lipinski definition) is 2. The molecule has 108 valence electrons. The summed E-state index contributed by atoms with van der Waals surface area (Å²) >= 11 is 0. The minimum Gasteiger partial charge on any atom is -0.382 e. The normalized spacial score (nSPS) is 12.6. The second-order valence-electron chi connectivity index (χ2n) is 4.91. The molecule has 0 aliphatic heterocycles. The lowest BCUT2D eigenvalue weighted by Gasteiger charge is -2.19. The average molecular weight is 267 g/mol. The molecule has 0 fully saturated rings. The third-order valence-corrected chi connectivity index (χ3v) is 3.27. The molecule has 1 aromatic rings. The predicted octanol–water partition coefficient (Wildman–Crippen LogP) is 3.47. The molecular weight excluding hydrogens is 241 g/mol. The second-order valence-corrected chi connectivity index (χ2v) is 4.91. The number of benzene rings is 1. The zero-order valence-corrected chi connectivity index (χ0v) is 12.3. The molecule has 1 unspecified atom stereocenters. The third kappa shape index (κ3) is 6.17. The monoisotopic (exact) mass is 267 g/mol. The van der Waals surface area contributed by atoms with Crippen molar-refractivity contribution in [2.45, 2.75) is 46.1 Å². The van der Waals surface area contributed by atoms with Gasteiger partial charge < -0.3 is 10.1 Å². The number of hydrogen-bond donors (Lipinski definition) is 1. The van der Waals surface area contributed by atoms with E-state index in [1.165, 1.54) is 5.56 Å². The Kier molecular flexibility index (Phi) is 7.68. The van der Waals surface area contributed by atoms with Gasteiger partial charge in [0.1, 0.15) is 5.82 Å². The van der Waals surface area contributed by atoms with Crippen LogP contribution in [0, 0.1) is 12.7 Å². The molecule has 0 aliphatic carbocycles. The first-order chi connectivity index (χ1) is 9.17. The van der Waals surface area contributed by atoms with Crippen molar-refractivity contribution in [1.29, 1.82) is 0 Å². The molecule has 0 aliphatic rings. The van der Waals surface area contributed by atoms with Crippen molar-refractivity contribution in [3.63, 3.8) is 0 Å². The highest BCUT2D eigenvalue weighted by Crippen LogP contribution is 2.13. The molecule has 19 heavy (non-hydrogen) atoms. The Balaban J connectivity index is 2.58. The van der Waals surface area contributed by atoms with Crippen molar-refractivity contribution < 1.29 is 9.13 Å². The molecule has 1 rings (SSSR count). The summed E-state index contributed by atoms with van der Waals surface area (Å²) in [5.74, 6) is -0.159. The second kappa shape index (κ2) is 9.05. The van der Waals surface area contributed by atoms with Gasteiger partial charge in [-0.05, 0) is 62.9 Å². The van der Waals surface area contributed by atoms with Gasteiger partial charge in [-0.1, -0.05) is 13.0 Å². The quantitative estimate of drug-likeness (QED) is 0.692. The lowest BCUT2D eigenvalue weighted by atomic mass is 9.99. The van der Waals surface area contributed by atoms with E-state index < -0.39 is 0 Å². The summed E-state index contributed by atoms with van der Waals surface area (Å²) in [5, 5.41) is 3.54. The van der Waals surface area contributed by atoms with Crippen LogP contribution in [0.5, 0.6) is 0 Å². The Hall–Kier alpha value is -0.930. The van der Waals surface area contributed by atoms with Crippen LogP contribution in [0.2, 0.25) is 0 Å². The van der Waals surface area contributed by atoms with Crippen molar-refractivity contribution in [2.24, 2.45) is 0 Å². The molecule has 0 saturated heterocycles. The van der Waals surface area contributed by atoms with E-state index in [0.717, 1.165) is 44.6 Å². The SMILES string of the molecule is CCCNC(CCOCC)Cc1ccc(F)cc1C. The minimum atomic E-state index is -0.159. The van der Waals surface area contributed by atoms with Crippen LogP contribution in [-0.4, -0.2) is 25.8 Å². The van der Waals surface area contributed by atoms with Crippen molar-refractivity contribution in [1.82, 2.24) is 5.32 Å². The van der Waals surface area contributed by atoms with E-state index in [4.69, 9.17) is 4.74 Å². The highest BCUT2D eigenvalue weighted by molar-refractivity contribution is 5.27. The van der Waals surface area contributed by atoms with E-state index in [1.807, 2.05) is 19.9 Å². The lowest BCUT2D eigenvalue weighted by Crippen LogP contribution is -2.33. The standard InChI is InChI=1S/C16H26FNO/c1-4-9-18-16(8-10-19-5-2)12-14-6-7-15(17)11-13(14)3/h6-7,11,16,18H,4-5,8-10,12H2,1-3H3. The van der Waals surface area contributed by atoms with Crippen LogP contribution < -0.4 is 5.32 Å². The third-order valence-electron chi connectivity index (χ3n) is 3.27. The molecule has 1 N–H and O–H groups in total. The predicted molar refractivity (Wildman–Crippen MR) is 78.0 cm³/mol. The van der Waals surface area contributed by atoms with Crippen molar-refractivity contribution in [3.8, 4) is 0 Å². The van der Waals surface area contributed by atoms with Gasteiger partial charge in [-0.25, -0.2) is 4.39 Å². The molecule has 0 heterocycles. The van der Waals surface area contributed by atoms with E-state index in [0.29, 0.717) is 6.04 Å². The molecule has 2 nitrogen and oxygen atoms in total. The fourth-order valence-electron chi connectivity index (χ4n) is 2.15. The van der Waals surface area contributed by atoms with Gasteiger partial charge in [0.15, 0.2) is 0 Å². The molecule has 1 aromatic carbocycles. The zero-order valence-electron chi connectivity index (χ0n) is 12.3. The van der Waals surface area contributed by atoms with E-state index in [2.05, 4.69) is 12.2 Å². The van der Waals surface area contributed by atoms with Crippen molar-refractivity contribution in [3.05, 3.63) is 35.1 Å². The Bertz CT molecular complexity index is 368. The van der Waals surface area contributed by atoms with Crippen LogP contribution in [0.15, 0.2) is 18.2 Å². The number of ether oxygens (including phenoxy) is 1. The Morgan fingerprint density at radius 3 is 2.74 bits per heavy atom. The zero-order chi connectivity index (χ0) is 14.1. The average Bonchev–Trinajstić information content (AvgIpc) is 2.39. The Labute approximate surface area is 116 Å². The first-order valence-corrected chi connectivity index (χ1v) is 7.23. The topological polar surface area (TPSA) is 21.3 Å². The molecule has 0 bridgehead atoms. The molecule has 0 saturated carbocycles.